The molecule has 0 spiro atoms. The van der Waals surface area contributed by atoms with Gasteiger partial charge in [-0.3, -0.25) is 9.78 Å². The highest BCUT2D eigenvalue weighted by molar-refractivity contribution is 7.90. The van der Waals surface area contributed by atoms with Gasteiger partial charge in [-0.15, -0.1) is 0 Å². The van der Waals surface area contributed by atoms with Crippen LogP contribution in [0.5, 0.6) is 0 Å². The number of hydrogen-bond acceptors (Lipinski definition) is 6. The van der Waals surface area contributed by atoms with E-state index in [4.69, 9.17) is 0 Å². The summed E-state index contributed by atoms with van der Waals surface area (Å²) in [6.07, 6.45) is 7.24. The molecule has 8 heteroatoms. The van der Waals surface area contributed by atoms with Crippen molar-refractivity contribution in [1.29, 1.82) is 0 Å². The summed E-state index contributed by atoms with van der Waals surface area (Å²) in [6, 6.07) is 3.64. The van der Waals surface area contributed by atoms with Gasteiger partial charge in [0.25, 0.3) is 0 Å². The van der Waals surface area contributed by atoms with Gasteiger partial charge in [0.15, 0.2) is 15.7 Å². The van der Waals surface area contributed by atoms with Crippen LogP contribution in [0, 0.1) is 5.41 Å². The molecule has 2 aromatic rings. The van der Waals surface area contributed by atoms with Crippen molar-refractivity contribution in [2.75, 3.05) is 19.3 Å². The number of piperidine rings is 1. The van der Waals surface area contributed by atoms with Crippen LogP contribution >= 0.6 is 0 Å². The highest BCUT2D eigenvalue weighted by atomic mass is 32.2. The zero-order valence-corrected chi connectivity index (χ0v) is 17.5. The Morgan fingerprint density at radius 3 is 2.39 bits per heavy atom. The number of likely N-dealkylation sites (tertiary alicyclic amines) is 1. The molecule has 3 heterocycles. The molecular weight excluding hydrogens is 376 g/mol. The molecule has 0 saturated carbocycles. The van der Waals surface area contributed by atoms with Crippen molar-refractivity contribution in [2.45, 2.75) is 44.4 Å². The maximum absolute atomic E-state index is 12.5. The highest BCUT2D eigenvalue weighted by Gasteiger charge is 2.33. The van der Waals surface area contributed by atoms with Crippen LogP contribution in [-0.2, 0) is 14.6 Å². The zero-order valence-electron chi connectivity index (χ0n) is 16.7. The number of nitrogens with zero attached hydrogens (tertiary/aromatic N) is 4. The summed E-state index contributed by atoms with van der Waals surface area (Å²) in [7, 11) is -3.46. The average molecular weight is 403 g/mol. The largest absolute Gasteiger partial charge is 0.342 e. The molecule has 3 rings (SSSR count). The van der Waals surface area contributed by atoms with Crippen LogP contribution in [0.1, 0.15) is 45.2 Å². The van der Waals surface area contributed by atoms with E-state index in [0.717, 1.165) is 5.56 Å². The third-order valence-corrected chi connectivity index (χ3v) is 6.03. The van der Waals surface area contributed by atoms with Gasteiger partial charge in [0, 0.05) is 54.8 Å². The molecule has 1 aliphatic heterocycles. The van der Waals surface area contributed by atoms with Gasteiger partial charge in [0.2, 0.25) is 5.91 Å². The molecule has 28 heavy (non-hydrogen) atoms. The molecule has 0 bridgehead atoms. The van der Waals surface area contributed by atoms with Crippen molar-refractivity contribution in [2.24, 2.45) is 5.41 Å². The summed E-state index contributed by atoms with van der Waals surface area (Å²) >= 11 is 0. The molecule has 0 unspecified atom stereocenters. The summed E-state index contributed by atoms with van der Waals surface area (Å²) in [4.78, 5) is 27.5. The van der Waals surface area contributed by atoms with E-state index in [1.54, 1.807) is 18.5 Å². The van der Waals surface area contributed by atoms with Gasteiger partial charge in [-0.1, -0.05) is 20.8 Å². The molecule has 0 radical (unpaired) electrons. The van der Waals surface area contributed by atoms with Crippen molar-refractivity contribution in [1.82, 2.24) is 19.9 Å². The Kier molecular flexibility index (Phi) is 5.52. The summed E-state index contributed by atoms with van der Waals surface area (Å²) in [5.41, 5.74) is 0.857. The minimum atomic E-state index is -3.46. The predicted molar refractivity (Wildman–Crippen MR) is 106 cm³/mol. The lowest BCUT2D eigenvalue weighted by atomic mass is 9.89. The summed E-state index contributed by atoms with van der Waals surface area (Å²) in [6.45, 7) is 6.92. The molecule has 150 valence electrons. The van der Waals surface area contributed by atoms with Crippen molar-refractivity contribution in [3.05, 3.63) is 36.4 Å². The highest BCUT2D eigenvalue weighted by Crippen LogP contribution is 2.33. The van der Waals surface area contributed by atoms with Crippen molar-refractivity contribution in [3.8, 4) is 11.4 Å². The molecule has 0 N–H and O–H groups in total. The number of carbonyl (C=O) groups excluding carboxylic acids is 1. The minimum Gasteiger partial charge on any atom is -0.342 e. The van der Waals surface area contributed by atoms with Gasteiger partial charge in [0.1, 0.15) is 4.90 Å². The van der Waals surface area contributed by atoms with E-state index >= 15 is 0 Å². The lowest BCUT2D eigenvalue weighted by molar-refractivity contribution is -0.140. The number of hydrogen-bond donors (Lipinski definition) is 0. The first-order valence-corrected chi connectivity index (χ1v) is 11.2. The monoisotopic (exact) mass is 402 g/mol. The molecule has 0 atom stereocenters. The van der Waals surface area contributed by atoms with Gasteiger partial charge >= 0.3 is 0 Å². The van der Waals surface area contributed by atoms with Crippen LogP contribution in [-0.4, -0.2) is 53.5 Å². The quantitative estimate of drug-likeness (QED) is 0.784. The van der Waals surface area contributed by atoms with Crippen LogP contribution in [0.15, 0.2) is 35.6 Å². The van der Waals surface area contributed by atoms with E-state index in [9.17, 15) is 13.2 Å². The lowest BCUT2D eigenvalue weighted by Crippen LogP contribution is -2.44. The normalized spacial score (nSPS) is 16.2. The third kappa shape index (κ3) is 4.38. The topological polar surface area (TPSA) is 93.1 Å². The Balaban J connectivity index is 1.91. The van der Waals surface area contributed by atoms with Crippen LogP contribution in [0.4, 0.5) is 0 Å². The molecule has 1 fully saturated rings. The number of rotatable bonds is 3. The smallest absolute Gasteiger partial charge is 0.227 e. The molecule has 0 aromatic carbocycles. The first-order chi connectivity index (χ1) is 13.1. The summed E-state index contributed by atoms with van der Waals surface area (Å²) in [5.74, 6) is 0.545. The van der Waals surface area contributed by atoms with Gasteiger partial charge in [-0.2, -0.15) is 0 Å². The van der Waals surface area contributed by atoms with Gasteiger partial charge < -0.3 is 4.90 Å². The molecule has 1 saturated heterocycles. The zero-order chi connectivity index (χ0) is 20.5. The molecule has 2 aromatic heterocycles. The summed E-state index contributed by atoms with van der Waals surface area (Å²) < 4.78 is 24.6. The standard InChI is InChI=1S/C20H26N4O3S/c1-20(2,3)19(25)24-10-7-14(8-11-24)17-16(28(4,26)27)13-22-18(23-17)15-6-5-9-21-12-15/h5-6,9,12-14H,7-8,10-11H2,1-4H3. The molecule has 0 aliphatic carbocycles. The minimum absolute atomic E-state index is 0.0350. The van der Waals surface area contributed by atoms with Crippen molar-refractivity contribution >= 4 is 15.7 Å². The van der Waals surface area contributed by atoms with E-state index in [-0.39, 0.29) is 16.7 Å². The molecule has 7 nitrogen and oxygen atoms in total. The maximum Gasteiger partial charge on any atom is 0.227 e. The second-order valence-corrected chi connectivity index (χ2v) is 10.3. The Labute approximate surface area is 166 Å². The summed E-state index contributed by atoms with van der Waals surface area (Å²) in [5, 5.41) is 0. The van der Waals surface area contributed by atoms with Gasteiger partial charge in [-0.25, -0.2) is 18.4 Å². The van der Waals surface area contributed by atoms with Crippen LogP contribution in [0.25, 0.3) is 11.4 Å². The Hall–Kier alpha value is -2.35. The van der Waals surface area contributed by atoms with Crippen LogP contribution in [0.2, 0.25) is 0 Å². The molecular formula is C20H26N4O3S. The maximum atomic E-state index is 12.5. The second-order valence-electron chi connectivity index (χ2n) is 8.27. The van der Waals surface area contributed by atoms with Crippen LogP contribution in [0.3, 0.4) is 0 Å². The Bertz CT molecular complexity index is 961. The SMILES string of the molecule is CC(C)(C)C(=O)N1CCC(c2nc(-c3cccnc3)ncc2S(C)(=O)=O)CC1. The van der Waals surface area contributed by atoms with Crippen LogP contribution < -0.4 is 0 Å². The first kappa shape index (κ1) is 20.4. The fourth-order valence-electron chi connectivity index (χ4n) is 3.43. The van der Waals surface area contributed by atoms with Gasteiger partial charge in [-0.05, 0) is 25.0 Å². The number of amides is 1. The van der Waals surface area contributed by atoms with E-state index in [1.165, 1.54) is 12.5 Å². The first-order valence-electron chi connectivity index (χ1n) is 9.34. The van der Waals surface area contributed by atoms with Gasteiger partial charge in [0.05, 0.1) is 5.69 Å². The second kappa shape index (κ2) is 7.58. The third-order valence-electron chi connectivity index (χ3n) is 4.91. The van der Waals surface area contributed by atoms with E-state index in [0.29, 0.717) is 37.4 Å². The van der Waals surface area contributed by atoms with Crippen molar-refractivity contribution in [3.63, 3.8) is 0 Å². The molecule has 1 aliphatic rings. The number of carbonyl (C=O) groups is 1. The molecule has 1 amide bonds. The van der Waals surface area contributed by atoms with Crippen molar-refractivity contribution < 1.29 is 13.2 Å². The number of pyridine rings is 1. The lowest BCUT2D eigenvalue weighted by Gasteiger charge is -2.35. The number of sulfone groups is 1. The fourth-order valence-corrected chi connectivity index (χ4v) is 4.26. The predicted octanol–water partition coefficient (Wildman–Crippen LogP) is 2.69. The number of aromatic nitrogens is 3. The Morgan fingerprint density at radius 2 is 1.86 bits per heavy atom. The Morgan fingerprint density at radius 1 is 1.18 bits per heavy atom. The van der Waals surface area contributed by atoms with E-state index in [2.05, 4.69) is 15.0 Å². The van der Waals surface area contributed by atoms with E-state index in [1.807, 2.05) is 31.7 Å². The fraction of sp³-hybridized carbons (Fsp3) is 0.500. The van der Waals surface area contributed by atoms with E-state index < -0.39 is 15.3 Å². The average Bonchev–Trinajstić information content (AvgIpc) is 2.66.